The highest BCUT2D eigenvalue weighted by Crippen LogP contribution is 2.33. The van der Waals surface area contributed by atoms with Gasteiger partial charge in [0.25, 0.3) is 0 Å². The molecule has 9 heteroatoms. The number of amides is 1. The third kappa shape index (κ3) is 4.21. The summed E-state index contributed by atoms with van der Waals surface area (Å²) in [6.07, 6.45) is 0.803. The van der Waals surface area contributed by atoms with Crippen molar-refractivity contribution in [2.75, 3.05) is 11.4 Å². The Labute approximate surface area is 176 Å². The Balaban J connectivity index is 1.74. The van der Waals surface area contributed by atoms with Crippen LogP contribution in [0.3, 0.4) is 0 Å². The van der Waals surface area contributed by atoms with E-state index in [1.54, 1.807) is 12.4 Å². The van der Waals surface area contributed by atoms with Crippen molar-refractivity contribution in [1.82, 2.24) is 20.3 Å². The van der Waals surface area contributed by atoms with E-state index in [1.807, 2.05) is 13.0 Å². The standard InChI is InChI=1S/C22H20F3N5O/c1-3-19(31)27-16-10-13(2)30(12-16)21-17-8-9-26-11-18(17)28-20(29-21)14-4-6-15(7-5-14)22(23,24)25/h3-9,11,13,16H,1,10,12H2,2H3,(H,27,31). The molecule has 0 aliphatic carbocycles. The van der Waals surface area contributed by atoms with Crippen LogP contribution in [0.4, 0.5) is 19.0 Å². The second-order valence-corrected chi connectivity index (χ2v) is 7.49. The number of benzene rings is 1. The Morgan fingerprint density at radius 3 is 2.65 bits per heavy atom. The van der Waals surface area contributed by atoms with Gasteiger partial charge in [0.15, 0.2) is 5.82 Å². The lowest BCUT2D eigenvalue weighted by Crippen LogP contribution is -2.36. The van der Waals surface area contributed by atoms with E-state index in [0.29, 0.717) is 29.3 Å². The third-order valence-electron chi connectivity index (χ3n) is 5.33. The zero-order valence-corrected chi connectivity index (χ0v) is 16.7. The lowest BCUT2D eigenvalue weighted by molar-refractivity contribution is -0.137. The minimum atomic E-state index is -4.41. The summed E-state index contributed by atoms with van der Waals surface area (Å²) in [5, 5.41) is 3.70. The van der Waals surface area contributed by atoms with Gasteiger partial charge in [-0.25, -0.2) is 9.97 Å². The molecule has 1 saturated heterocycles. The van der Waals surface area contributed by atoms with Gasteiger partial charge in [-0.2, -0.15) is 13.2 Å². The first-order chi connectivity index (χ1) is 14.8. The number of fused-ring (bicyclic) bond motifs is 1. The number of nitrogens with zero attached hydrogens (tertiary/aromatic N) is 4. The molecule has 3 aromatic rings. The molecule has 1 fully saturated rings. The van der Waals surface area contributed by atoms with Crippen LogP contribution in [0.15, 0.2) is 55.4 Å². The summed E-state index contributed by atoms with van der Waals surface area (Å²) < 4.78 is 38.7. The lowest BCUT2D eigenvalue weighted by atomic mass is 10.1. The number of anilines is 1. The fourth-order valence-corrected chi connectivity index (χ4v) is 3.81. The van der Waals surface area contributed by atoms with Gasteiger partial charge in [0.2, 0.25) is 5.91 Å². The van der Waals surface area contributed by atoms with Crippen LogP contribution in [-0.2, 0) is 11.0 Å². The van der Waals surface area contributed by atoms with Gasteiger partial charge >= 0.3 is 6.18 Å². The minimum absolute atomic E-state index is 0.0677. The number of rotatable bonds is 4. The highest BCUT2D eigenvalue weighted by molar-refractivity contribution is 5.91. The van der Waals surface area contributed by atoms with Crippen LogP contribution in [0.5, 0.6) is 0 Å². The van der Waals surface area contributed by atoms with Gasteiger partial charge in [0, 0.05) is 35.8 Å². The highest BCUT2D eigenvalue weighted by Gasteiger charge is 2.32. The van der Waals surface area contributed by atoms with Gasteiger partial charge in [0.1, 0.15) is 5.82 Å². The fourth-order valence-electron chi connectivity index (χ4n) is 3.81. The van der Waals surface area contributed by atoms with Crippen LogP contribution in [-0.4, -0.2) is 39.5 Å². The number of aromatic nitrogens is 3. The van der Waals surface area contributed by atoms with E-state index in [4.69, 9.17) is 4.98 Å². The first-order valence-electron chi connectivity index (χ1n) is 9.75. The first kappa shape index (κ1) is 20.8. The van der Waals surface area contributed by atoms with Gasteiger partial charge in [0.05, 0.1) is 17.3 Å². The summed E-state index contributed by atoms with van der Waals surface area (Å²) in [5.74, 6) is 0.737. The van der Waals surface area contributed by atoms with Crippen molar-refractivity contribution < 1.29 is 18.0 Å². The van der Waals surface area contributed by atoms with Crippen LogP contribution in [0.2, 0.25) is 0 Å². The summed E-state index contributed by atoms with van der Waals surface area (Å²) >= 11 is 0. The van der Waals surface area contributed by atoms with Crippen molar-refractivity contribution in [3.05, 3.63) is 60.9 Å². The van der Waals surface area contributed by atoms with E-state index in [-0.39, 0.29) is 18.0 Å². The maximum absolute atomic E-state index is 12.9. The van der Waals surface area contributed by atoms with Crippen molar-refractivity contribution >= 4 is 22.6 Å². The van der Waals surface area contributed by atoms with Gasteiger partial charge in [-0.05, 0) is 37.6 Å². The van der Waals surface area contributed by atoms with Gasteiger partial charge in [-0.1, -0.05) is 18.7 Å². The molecule has 0 spiro atoms. The van der Waals surface area contributed by atoms with Crippen molar-refractivity contribution in [1.29, 1.82) is 0 Å². The van der Waals surface area contributed by atoms with Crippen LogP contribution in [0, 0.1) is 0 Å². The fraction of sp³-hybridized carbons (Fsp3) is 0.273. The molecule has 31 heavy (non-hydrogen) atoms. The van der Waals surface area contributed by atoms with E-state index in [1.165, 1.54) is 18.2 Å². The summed E-state index contributed by atoms with van der Waals surface area (Å²) in [7, 11) is 0. The molecule has 2 unspecified atom stereocenters. The van der Waals surface area contributed by atoms with Crippen LogP contribution in [0.25, 0.3) is 22.3 Å². The molecule has 1 aromatic carbocycles. The number of alkyl halides is 3. The Kier molecular flexibility index (Phi) is 5.34. The molecule has 1 amide bonds. The lowest BCUT2D eigenvalue weighted by Gasteiger charge is -2.24. The summed E-state index contributed by atoms with van der Waals surface area (Å²) in [4.78, 5) is 27.1. The van der Waals surface area contributed by atoms with Gasteiger partial charge in [-0.15, -0.1) is 0 Å². The topological polar surface area (TPSA) is 71.0 Å². The minimum Gasteiger partial charge on any atom is -0.351 e. The monoisotopic (exact) mass is 427 g/mol. The van der Waals surface area contributed by atoms with Crippen molar-refractivity contribution in [2.24, 2.45) is 0 Å². The second-order valence-electron chi connectivity index (χ2n) is 7.49. The average molecular weight is 427 g/mol. The van der Waals surface area contributed by atoms with E-state index in [0.717, 1.165) is 23.9 Å². The molecule has 1 aliphatic heterocycles. The molecule has 3 heterocycles. The van der Waals surface area contributed by atoms with Crippen LogP contribution >= 0.6 is 0 Å². The molecular weight excluding hydrogens is 407 g/mol. The Hall–Kier alpha value is -3.49. The quantitative estimate of drug-likeness (QED) is 0.638. The number of carbonyl (C=O) groups is 1. The maximum atomic E-state index is 12.9. The van der Waals surface area contributed by atoms with Crippen molar-refractivity contribution in [3.63, 3.8) is 0 Å². The van der Waals surface area contributed by atoms with Crippen LogP contribution in [0.1, 0.15) is 18.9 Å². The molecule has 0 saturated carbocycles. The Bertz CT molecular complexity index is 1130. The molecule has 2 aromatic heterocycles. The summed E-state index contributed by atoms with van der Waals surface area (Å²) in [6, 6.07) is 6.60. The normalized spacial score (nSPS) is 18.9. The van der Waals surface area contributed by atoms with Crippen molar-refractivity contribution in [2.45, 2.75) is 31.6 Å². The molecule has 0 radical (unpaired) electrons. The Morgan fingerprint density at radius 1 is 1.23 bits per heavy atom. The molecule has 2 atom stereocenters. The van der Waals surface area contributed by atoms with E-state index < -0.39 is 11.7 Å². The predicted molar refractivity (Wildman–Crippen MR) is 111 cm³/mol. The SMILES string of the molecule is C=CC(=O)NC1CC(C)N(c2nc(-c3ccc(C(F)(F)F)cc3)nc3cnccc23)C1. The van der Waals surface area contributed by atoms with Gasteiger partial charge < -0.3 is 10.2 Å². The molecule has 0 bridgehead atoms. The van der Waals surface area contributed by atoms with E-state index >= 15 is 0 Å². The molecule has 1 N–H and O–H groups in total. The number of pyridine rings is 1. The third-order valence-corrected chi connectivity index (χ3v) is 5.33. The van der Waals surface area contributed by atoms with E-state index in [9.17, 15) is 18.0 Å². The summed E-state index contributed by atoms with van der Waals surface area (Å²) in [5.41, 5.74) is 0.337. The van der Waals surface area contributed by atoms with Gasteiger partial charge in [-0.3, -0.25) is 9.78 Å². The number of carbonyl (C=O) groups excluding carboxylic acids is 1. The molecule has 1 aliphatic rings. The predicted octanol–water partition coefficient (Wildman–Crippen LogP) is 3.98. The first-order valence-corrected chi connectivity index (χ1v) is 9.75. The van der Waals surface area contributed by atoms with Crippen molar-refractivity contribution in [3.8, 4) is 11.4 Å². The van der Waals surface area contributed by atoms with Crippen LogP contribution < -0.4 is 10.2 Å². The smallest absolute Gasteiger partial charge is 0.351 e. The Morgan fingerprint density at radius 2 is 1.97 bits per heavy atom. The molecule has 6 nitrogen and oxygen atoms in total. The zero-order valence-electron chi connectivity index (χ0n) is 16.7. The molecule has 160 valence electrons. The van der Waals surface area contributed by atoms with E-state index in [2.05, 4.69) is 26.8 Å². The molecule has 4 rings (SSSR count). The number of hydrogen-bond acceptors (Lipinski definition) is 5. The zero-order chi connectivity index (χ0) is 22.2. The molecular formula is C22H20F3N5O. The average Bonchev–Trinajstić information content (AvgIpc) is 3.12. The number of hydrogen-bond donors (Lipinski definition) is 1. The highest BCUT2D eigenvalue weighted by atomic mass is 19.4. The largest absolute Gasteiger partial charge is 0.416 e. The summed E-state index contributed by atoms with van der Waals surface area (Å²) in [6.45, 7) is 6.06. The maximum Gasteiger partial charge on any atom is 0.416 e. The second kappa shape index (κ2) is 7.98. The number of nitrogens with one attached hydrogen (secondary N) is 1. The number of halogens is 3.